The Morgan fingerprint density at radius 3 is 3.08 bits per heavy atom. The molecule has 4 heterocycles. The number of carbonyl (C=O) groups is 1. The summed E-state index contributed by atoms with van der Waals surface area (Å²) in [5.41, 5.74) is 0.647. The predicted molar refractivity (Wildman–Crippen MR) is 102 cm³/mol. The van der Waals surface area contributed by atoms with Crippen LogP contribution in [0.5, 0.6) is 0 Å². The van der Waals surface area contributed by atoms with Gasteiger partial charge in [0, 0.05) is 43.2 Å². The molecule has 0 radical (unpaired) electrons. The number of piperidine rings is 2. The number of nitrogens with zero attached hydrogens (tertiary/aromatic N) is 4. The number of anilines is 1. The molecular formula is C20H22N4OS. The molecule has 0 spiro atoms. The SMILES string of the molecule is N#Cc1ccnc(N2CC[C@@H]3[C@@H](CCC(=O)N3CCc3cccs3)C2)c1. The molecular weight excluding hydrogens is 344 g/mol. The minimum absolute atomic E-state index is 0.306. The Morgan fingerprint density at radius 1 is 1.35 bits per heavy atom. The van der Waals surface area contributed by atoms with E-state index in [2.05, 4.69) is 38.4 Å². The van der Waals surface area contributed by atoms with E-state index in [-0.39, 0.29) is 0 Å². The summed E-state index contributed by atoms with van der Waals surface area (Å²) in [7, 11) is 0. The normalized spacial score (nSPS) is 22.8. The van der Waals surface area contributed by atoms with E-state index in [1.54, 1.807) is 23.6 Å². The average Bonchev–Trinajstić information content (AvgIpc) is 3.20. The molecule has 1 amide bonds. The van der Waals surface area contributed by atoms with Gasteiger partial charge in [-0.1, -0.05) is 6.07 Å². The van der Waals surface area contributed by atoms with Crippen molar-refractivity contribution < 1.29 is 4.79 Å². The molecule has 0 N–H and O–H groups in total. The van der Waals surface area contributed by atoms with Gasteiger partial charge in [-0.2, -0.15) is 5.26 Å². The van der Waals surface area contributed by atoms with Gasteiger partial charge in [-0.25, -0.2) is 4.98 Å². The van der Waals surface area contributed by atoms with Crippen molar-refractivity contribution >= 4 is 23.1 Å². The Morgan fingerprint density at radius 2 is 2.27 bits per heavy atom. The average molecular weight is 366 g/mol. The first-order valence-corrected chi connectivity index (χ1v) is 10.1. The standard InChI is InChI=1S/C20H22N4OS/c21-13-15-5-8-22-19(12-15)23-9-7-18-16(14-23)3-4-20(25)24(18)10-6-17-2-1-11-26-17/h1-2,5,8,11-12,16,18H,3-4,6-7,9-10,14H2/t16-,18+/m0/s1. The molecule has 2 aliphatic rings. The van der Waals surface area contributed by atoms with E-state index >= 15 is 0 Å². The molecule has 26 heavy (non-hydrogen) atoms. The number of carbonyl (C=O) groups excluding carboxylic acids is 1. The fourth-order valence-corrected chi connectivity index (χ4v) is 4.89. The smallest absolute Gasteiger partial charge is 0.222 e. The molecule has 0 saturated carbocycles. The summed E-state index contributed by atoms with van der Waals surface area (Å²) in [6.45, 7) is 2.61. The molecule has 2 aromatic rings. The lowest BCUT2D eigenvalue weighted by Crippen LogP contribution is -2.56. The van der Waals surface area contributed by atoms with E-state index < -0.39 is 0 Å². The third-order valence-corrected chi connectivity index (χ3v) is 6.46. The Hall–Kier alpha value is -2.39. The van der Waals surface area contributed by atoms with Gasteiger partial charge >= 0.3 is 0 Å². The molecule has 4 rings (SSSR count). The van der Waals surface area contributed by atoms with E-state index in [1.165, 1.54) is 4.88 Å². The number of likely N-dealkylation sites (tertiary alicyclic amines) is 1. The molecule has 2 aliphatic heterocycles. The van der Waals surface area contributed by atoms with E-state index in [9.17, 15) is 4.79 Å². The van der Waals surface area contributed by atoms with Gasteiger partial charge in [0.2, 0.25) is 5.91 Å². The lowest BCUT2D eigenvalue weighted by molar-refractivity contribution is -0.139. The summed E-state index contributed by atoms with van der Waals surface area (Å²) in [6.07, 6.45) is 5.22. The van der Waals surface area contributed by atoms with E-state index in [0.717, 1.165) is 44.7 Å². The Bertz CT molecular complexity index is 813. The largest absolute Gasteiger partial charge is 0.356 e. The highest BCUT2D eigenvalue weighted by atomic mass is 32.1. The van der Waals surface area contributed by atoms with Crippen LogP contribution in [0.3, 0.4) is 0 Å². The minimum Gasteiger partial charge on any atom is -0.356 e. The predicted octanol–water partition coefficient (Wildman–Crippen LogP) is 3.07. The summed E-state index contributed by atoms with van der Waals surface area (Å²) in [5, 5.41) is 11.2. The second-order valence-electron chi connectivity index (χ2n) is 7.03. The van der Waals surface area contributed by atoms with Crippen molar-refractivity contribution in [1.82, 2.24) is 9.88 Å². The van der Waals surface area contributed by atoms with Crippen LogP contribution in [0.1, 0.15) is 29.7 Å². The van der Waals surface area contributed by atoms with Crippen molar-refractivity contribution in [3.8, 4) is 6.07 Å². The number of pyridine rings is 1. The number of hydrogen-bond acceptors (Lipinski definition) is 5. The Kier molecular flexibility index (Phi) is 4.89. The quantitative estimate of drug-likeness (QED) is 0.834. The molecule has 2 fully saturated rings. The van der Waals surface area contributed by atoms with Crippen LogP contribution in [0.15, 0.2) is 35.8 Å². The number of aromatic nitrogens is 1. The third-order valence-electron chi connectivity index (χ3n) is 5.52. The summed E-state index contributed by atoms with van der Waals surface area (Å²) < 4.78 is 0. The Labute approximate surface area is 157 Å². The second-order valence-corrected chi connectivity index (χ2v) is 8.06. The number of thiophene rings is 1. The molecule has 2 aromatic heterocycles. The summed E-state index contributed by atoms with van der Waals surface area (Å²) >= 11 is 1.76. The zero-order valence-electron chi connectivity index (χ0n) is 14.7. The van der Waals surface area contributed by atoms with Gasteiger partial charge in [0.15, 0.2) is 0 Å². The van der Waals surface area contributed by atoms with Gasteiger partial charge in [0.05, 0.1) is 11.6 Å². The maximum absolute atomic E-state index is 12.5. The lowest BCUT2D eigenvalue weighted by atomic mass is 9.83. The minimum atomic E-state index is 0.306. The lowest BCUT2D eigenvalue weighted by Gasteiger charge is -2.47. The molecule has 134 valence electrons. The topological polar surface area (TPSA) is 60.2 Å². The monoisotopic (exact) mass is 366 g/mol. The van der Waals surface area contributed by atoms with Crippen molar-refractivity contribution in [2.45, 2.75) is 31.7 Å². The van der Waals surface area contributed by atoms with Gasteiger partial charge in [0.1, 0.15) is 5.82 Å². The van der Waals surface area contributed by atoms with Gasteiger partial charge < -0.3 is 9.80 Å². The number of rotatable bonds is 4. The molecule has 0 aromatic carbocycles. The number of fused-ring (bicyclic) bond motifs is 1. The molecule has 5 nitrogen and oxygen atoms in total. The maximum atomic E-state index is 12.5. The van der Waals surface area contributed by atoms with Crippen molar-refractivity contribution in [3.63, 3.8) is 0 Å². The summed E-state index contributed by atoms with van der Waals surface area (Å²) in [4.78, 5) is 22.7. The summed E-state index contributed by atoms with van der Waals surface area (Å²) in [5.74, 6) is 1.67. The fourth-order valence-electron chi connectivity index (χ4n) is 4.20. The Balaban J connectivity index is 1.44. The van der Waals surface area contributed by atoms with Crippen LogP contribution in [0, 0.1) is 17.2 Å². The second kappa shape index (κ2) is 7.46. The van der Waals surface area contributed by atoms with Gasteiger partial charge in [-0.05, 0) is 48.8 Å². The maximum Gasteiger partial charge on any atom is 0.222 e. The van der Waals surface area contributed by atoms with E-state index in [4.69, 9.17) is 5.26 Å². The van der Waals surface area contributed by atoms with Crippen LogP contribution in [-0.4, -0.2) is 41.5 Å². The van der Waals surface area contributed by atoms with Gasteiger partial charge in [-0.15, -0.1) is 11.3 Å². The number of hydrogen-bond donors (Lipinski definition) is 0. The van der Waals surface area contributed by atoms with Crippen LogP contribution < -0.4 is 4.90 Å². The molecule has 0 bridgehead atoms. The van der Waals surface area contributed by atoms with Crippen molar-refractivity contribution in [2.75, 3.05) is 24.5 Å². The van der Waals surface area contributed by atoms with Crippen molar-refractivity contribution in [1.29, 1.82) is 5.26 Å². The summed E-state index contributed by atoms with van der Waals surface area (Å²) in [6, 6.07) is 10.3. The molecule has 0 aliphatic carbocycles. The molecule has 6 heteroatoms. The van der Waals surface area contributed by atoms with Gasteiger partial charge in [-0.3, -0.25) is 4.79 Å². The first kappa shape index (κ1) is 17.0. The zero-order chi connectivity index (χ0) is 17.9. The fraction of sp³-hybridized carbons (Fsp3) is 0.450. The van der Waals surface area contributed by atoms with Crippen LogP contribution in [0.25, 0.3) is 0 Å². The van der Waals surface area contributed by atoms with Crippen molar-refractivity contribution in [2.24, 2.45) is 5.92 Å². The number of amides is 1. The van der Waals surface area contributed by atoms with Crippen LogP contribution in [0.4, 0.5) is 5.82 Å². The van der Waals surface area contributed by atoms with Crippen LogP contribution in [-0.2, 0) is 11.2 Å². The van der Waals surface area contributed by atoms with Crippen LogP contribution in [0.2, 0.25) is 0 Å². The highest BCUT2D eigenvalue weighted by Gasteiger charge is 2.39. The third kappa shape index (κ3) is 3.45. The molecule has 2 atom stereocenters. The first-order chi connectivity index (χ1) is 12.7. The van der Waals surface area contributed by atoms with Crippen LogP contribution >= 0.6 is 11.3 Å². The highest BCUT2D eigenvalue weighted by molar-refractivity contribution is 7.09. The van der Waals surface area contributed by atoms with Gasteiger partial charge in [0.25, 0.3) is 0 Å². The number of nitriles is 1. The molecule has 2 saturated heterocycles. The molecule has 0 unspecified atom stereocenters. The van der Waals surface area contributed by atoms with Crippen molar-refractivity contribution in [3.05, 3.63) is 46.3 Å². The van der Waals surface area contributed by atoms with E-state index in [1.807, 2.05) is 6.07 Å². The van der Waals surface area contributed by atoms with E-state index in [0.29, 0.717) is 29.9 Å². The first-order valence-electron chi connectivity index (χ1n) is 9.17. The highest BCUT2D eigenvalue weighted by Crippen LogP contribution is 2.33. The zero-order valence-corrected chi connectivity index (χ0v) is 15.5.